The van der Waals surface area contributed by atoms with Gasteiger partial charge in [-0.15, -0.1) is 0 Å². The number of hydrogen-bond acceptors (Lipinski definition) is 7. The third-order valence-electron chi connectivity index (χ3n) is 2.53. The van der Waals surface area contributed by atoms with Crippen LogP contribution in [-0.4, -0.2) is 39.2 Å². The van der Waals surface area contributed by atoms with Gasteiger partial charge in [-0.05, 0) is 18.2 Å². The van der Waals surface area contributed by atoms with Crippen LogP contribution in [0.15, 0.2) is 30.0 Å². The van der Waals surface area contributed by atoms with E-state index in [-0.39, 0.29) is 22.0 Å². The van der Waals surface area contributed by atoms with Crippen LogP contribution in [0, 0.1) is 0 Å². The van der Waals surface area contributed by atoms with Gasteiger partial charge >= 0.3 is 17.9 Å². The lowest BCUT2D eigenvalue weighted by atomic mass is 10.2. The van der Waals surface area contributed by atoms with Crippen LogP contribution in [0.25, 0.3) is 0 Å². The standard InChI is InChI=1S/C14H14ClNO6/c1-20-12(17)7-11(14(19)22-3)16-10-6-8(13(18)21-2)4-5-9(10)15/h4-7,16H,1-3H3/b11-7+. The highest BCUT2D eigenvalue weighted by Gasteiger charge is 2.16. The summed E-state index contributed by atoms with van der Waals surface area (Å²) in [5.41, 5.74) is 0.250. The summed E-state index contributed by atoms with van der Waals surface area (Å²) < 4.78 is 13.6. The Labute approximate surface area is 131 Å². The number of benzene rings is 1. The third kappa shape index (κ3) is 4.49. The van der Waals surface area contributed by atoms with Crippen LogP contribution in [0.4, 0.5) is 5.69 Å². The van der Waals surface area contributed by atoms with Gasteiger partial charge in [-0.2, -0.15) is 0 Å². The highest BCUT2D eigenvalue weighted by Crippen LogP contribution is 2.25. The van der Waals surface area contributed by atoms with Crippen LogP contribution in [0.5, 0.6) is 0 Å². The van der Waals surface area contributed by atoms with E-state index in [0.29, 0.717) is 0 Å². The van der Waals surface area contributed by atoms with E-state index in [9.17, 15) is 14.4 Å². The third-order valence-corrected chi connectivity index (χ3v) is 2.86. The monoisotopic (exact) mass is 327 g/mol. The van der Waals surface area contributed by atoms with Gasteiger partial charge in [0.05, 0.1) is 43.7 Å². The van der Waals surface area contributed by atoms with Gasteiger partial charge in [0.1, 0.15) is 5.70 Å². The molecule has 0 fully saturated rings. The smallest absolute Gasteiger partial charge is 0.354 e. The van der Waals surface area contributed by atoms with Gasteiger partial charge in [-0.3, -0.25) is 0 Å². The maximum absolute atomic E-state index is 11.7. The molecule has 0 unspecified atom stereocenters. The lowest BCUT2D eigenvalue weighted by molar-refractivity contribution is -0.138. The second-order valence-electron chi connectivity index (χ2n) is 3.88. The molecule has 0 atom stereocenters. The van der Waals surface area contributed by atoms with Crippen LogP contribution in [0.3, 0.4) is 0 Å². The van der Waals surface area contributed by atoms with E-state index in [1.807, 2.05) is 0 Å². The van der Waals surface area contributed by atoms with Crippen molar-refractivity contribution in [1.82, 2.24) is 0 Å². The van der Waals surface area contributed by atoms with Crippen LogP contribution in [0.1, 0.15) is 10.4 Å². The summed E-state index contributed by atoms with van der Waals surface area (Å²) in [7, 11) is 3.56. The second-order valence-corrected chi connectivity index (χ2v) is 4.29. The molecule has 1 N–H and O–H groups in total. The molecule has 22 heavy (non-hydrogen) atoms. The quantitative estimate of drug-likeness (QED) is 0.500. The first-order valence-corrected chi connectivity index (χ1v) is 6.33. The van der Waals surface area contributed by atoms with E-state index in [1.165, 1.54) is 32.4 Å². The predicted octanol–water partition coefficient (Wildman–Crippen LogP) is 1.77. The zero-order valence-corrected chi connectivity index (χ0v) is 12.9. The number of esters is 3. The molecule has 0 saturated heterocycles. The number of carbonyl (C=O) groups excluding carboxylic acids is 3. The molecular formula is C14H14ClNO6. The molecule has 0 aromatic heterocycles. The SMILES string of the molecule is COC(=O)/C=C(/Nc1cc(C(=O)OC)ccc1Cl)C(=O)OC. The summed E-state index contributed by atoms with van der Waals surface area (Å²) in [6, 6.07) is 4.28. The number of carbonyl (C=O) groups is 3. The van der Waals surface area contributed by atoms with Gasteiger partial charge in [0, 0.05) is 0 Å². The number of ether oxygens (including phenoxy) is 3. The van der Waals surface area contributed by atoms with Gasteiger partial charge in [0.15, 0.2) is 0 Å². The van der Waals surface area contributed by atoms with Crippen LogP contribution >= 0.6 is 11.6 Å². The molecule has 0 heterocycles. The Morgan fingerprint density at radius 3 is 2.32 bits per heavy atom. The summed E-state index contributed by atoms with van der Waals surface area (Å²) in [5, 5.41) is 2.86. The van der Waals surface area contributed by atoms with Crippen molar-refractivity contribution < 1.29 is 28.6 Å². The fraction of sp³-hybridized carbons (Fsp3) is 0.214. The topological polar surface area (TPSA) is 90.9 Å². The molecule has 1 rings (SSSR count). The summed E-state index contributed by atoms with van der Waals surface area (Å²) >= 11 is 6.00. The van der Waals surface area contributed by atoms with E-state index in [2.05, 4.69) is 19.5 Å². The Balaban J connectivity index is 3.17. The second kappa shape index (κ2) is 8.04. The Kier molecular flexibility index (Phi) is 6.40. The number of hydrogen-bond donors (Lipinski definition) is 1. The van der Waals surface area contributed by atoms with Crippen molar-refractivity contribution in [2.75, 3.05) is 26.6 Å². The molecule has 7 nitrogen and oxygen atoms in total. The van der Waals surface area contributed by atoms with Gasteiger partial charge in [-0.1, -0.05) is 11.6 Å². The van der Waals surface area contributed by atoms with Crippen LogP contribution in [0.2, 0.25) is 5.02 Å². The van der Waals surface area contributed by atoms with E-state index in [4.69, 9.17) is 11.6 Å². The van der Waals surface area contributed by atoms with Gasteiger partial charge in [0.25, 0.3) is 0 Å². The predicted molar refractivity (Wildman–Crippen MR) is 78.5 cm³/mol. The van der Waals surface area contributed by atoms with Crippen molar-refractivity contribution >= 4 is 35.2 Å². The minimum Gasteiger partial charge on any atom is -0.466 e. The minimum atomic E-state index is -0.801. The van der Waals surface area contributed by atoms with Crippen molar-refractivity contribution in [3.05, 3.63) is 40.6 Å². The van der Waals surface area contributed by atoms with Crippen molar-refractivity contribution in [1.29, 1.82) is 0 Å². The van der Waals surface area contributed by atoms with Gasteiger partial charge in [0.2, 0.25) is 0 Å². The first-order chi connectivity index (χ1) is 10.4. The highest BCUT2D eigenvalue weighted by atomic mass is 35.5. The molecule has 0 aliphatic heterocycles. The van der Waals surface area contributed by atoms with Crippen molar-refractivity contribution in [2.24, 2.45) is 0 Å². The van der Waals surface area contributed by atoms with Gasteiger partial charge < -0.3 is 19.5 Å². The lowest BCUT2D eigenvalue weighted by Gasteiger charge is -2.11. The van der Waals surface area contributed by atoms with E-state index < -0.39 is 17.9 Å². The fourth-order valence-corrected chi connectivity index (χ4v) is 1.61. The van der Waals surface area contributed by atoms with Crippen molar-refractivity contribution in [3.63, 3.8) is 0 Å². The molecule has 0 bridgehead atoms. The molecule has 0 spiro atoms. The Morgan fingerprint density at radius 2 is 1.77 bits per heavy atom. The summed E-state index contributed by atoms with van der Waals surface area (Å²) in [6.07, 6.45) is 0.910. The van der Waals surface area contributed by atoms with E-state index in [0.717, 1.165) is 13.2 Å². The average Bonchev–Trinajstić information content (AvgIpc) is 2.54. The molecule has 0 aliphatic rings. The number of methoxy groups -OCH3 is 3. The molecule has 1 aromatic carbocycles. The Morgan fingerprint density at radius 1 is 1.09 bits per heavy atom. The summed E-state index contributed by atoms with van der Waals surface area (Å²) in [6.45, 7) is 0. The number of nitrogens with one attached hydrogen (secondary N) is 1. The summed E-state index contributed by atoms with van der Waals surface area (Å²) in [5.74, 6) is -2.13. The number of rotatable bonds is 5. The molecule has 8 heteroatoms. The van der Waals surface area contributed by atoms with Crippen molar-refractivity contribution in [2.45, 2.75) is 0 Å². The highest BCUT2D eigenvalue weighted by molar-refractivity contribution is 6.33. The number of halogens is 1. The molecular weight excluding hydrogens is 314 g/mol. The normalized spacial score (nSPS) is 10.6. The molecule has 0 aliphatic carbocycles. The average molecular weight is 328 g/mol. The molecule has 1 aromatic rings. The Bertz CT molecular complexity index is 626. The largest absolute Gasteiger partial charge is 0.466 e. The zero-order chi connectivity index (χ0) is 16.7. The zero-order valence-electron chi connectivity index (χ0n) is 12.1. The minimum absolute atomic E-state index is 0.196. The van der Waals surface area contributed by atoms with E-state index >= 15 is 0 Å². The fourth-order valence-electron chi connectivity index (χ4n) is 1.44. The molecule has 0 radical (unpaired) electrons. The first kappa shape index (κ1) is 17.5. The summed E-state index contributed by atoms with van der Waals surface area (Å²) in [4.78, 5) is 34.4. The molecule has 0 saturated carbocycles. The molecule has 0 amide bonds. The van der Waals surface area contributed by atoms with Gasteiger partial charge in [-0.25, -0.2) is 14.4 Å². The maximum Gasteiger partial charge on any atom is 0.354 e. The lowest BCUT2D eigenvalue weighted by Crippen LogP contribution is -2.16. The van der Waals surface area contributed by atoms with Crippen molar-refractivity contribution in [3.8, 4) is 0 Å². The molecule has 118 valence electrons. The van der Waals surface area contributed by atoms with Crippen LogP contribution < -0.4 is 5.32 Å². The van der Waals surface area contributed by atoms with E-state index in [1.54, 1.807) is 0 Å². The van der Waals surface area contributed by atoms with Crippen LogP contribution in [-0.2, 0) is 23.8 Å². The number of anilines is 1. The first-order valence-electron chi connectivity index (χ1n) is 5.95. The Hall–Kier alpha value is -2.54. The maximum atomic E-state index is 11.7.